The van der Waals surface area contributed by atoms with E-state index in [4.69, 9.17) is 4.74 Å². The number of allylic oxidation sites excluding steroid dienone is 1. The summed E-state index contributed by atoms with van der Waals surface area (Å²) in [5.74, 6) is 0.722. The fourth-order valence-electron chi connectivity index (χ4n) is 1.72. The van der Waals surface area contributed by atoms with Gasteiger partial charge in [0.1, 0.15) is 5.75 Å². The molecule has 1 heterocycles. The Morgan fingerprint density at radius 2 is 2.12 bits per heavy atom. The molecule has 0 atom stereocenters. The zero-order valence-corrected chi connectivity index (χ0v) is 10.9. The average Bonchev–Trinajstić information content (AvgIpc) is 2.35. The molecule has 3 heteroatoms. The van der Waals surface area contributed by atoms with Crippen molar-refractivity contribution in [3.05, 3.63) is 44.9 Å². The average molecular weight is 246 g/mol. The van der Waals surface area contributed by atoms with Gasteiger partial charge >= 0.3 is 0 Å². The van der Waals surface area contributed by atoms with Crippen LogP contribution < -0.4 is 10.2 Å². The summed E-state index contributed by atoms with van der Waals surface area (Å²) in [5, 5.41) is 0.736. The van der Waals surface area contributed by atoms with Crippen LogP contribution in [0.15, 0.2) is 29.1 Å². The highest BCUT2D eigenvalue weighted by molar-refractivity contribution is 7.19. The van der Waals surface area contributed by atoms with Crippen molar-refractivity contribution < 1.29 is 4.74 Å². The number of ether oxygens (including phenoxy) is 1. The van der Waals surface area contributed by atoms with Gasteiger partial charge in [-0.3, -0.25) is 4.79 Å². The third-order valence-corrected chi connectivity index (χ3v) is 3.92. The van der Waals surface area contributed by atoms with Crippen LogP contribution in [0.1, 0.15) is 17.4 Å². The van der Waals surface area contributed by atoms with Crippen LogP contribution >= 0.6 is 11.3 Å². The molecule has 2 nitrogen and oxygen atoms in total. The molecule has 2 aromatic rings. The van der Waals surface area contributed by atoms with E-state index in [9.17, 15) is 4.79 Å². The van der Waals surface area contributed by atoms with Crippen molar-refractivity contribution >= 4 is 27.5 Å². The number of benzene rings is 1. The summed E-state index contributed by atoms with van der Waals surface area (Å²) in [5.41, 5.74) is 0.889. The van der Waals surface area contributed by atoms with Crippen LogP contribution in [-0.2, 0) is 0 Å². The lowest BCUT2D eigenvalue weighted by molar-refractivity contribution is 0.415. The van der Waals surface area contributed by atoms with Gasteiger partial charge < -0.3 is 4.74 Å². The van der Waals surface area contributed by atoms with Gasteiger partial charge in [-0.15, -0.1) is 11.3 Å². The van der Waals surface area contributed by atoms with Crippen LogP contribution in [0.2, 0.25) is 0 Å². The molecule has 0 unspecified atom stereocenters. The molecular weight excluding hydrogens is 232 g/mol. The fraction of sp³-hybridized carbons (Fsp3) is 0.214. The van der Waals surface area contributed by atoms with Crippen molar-refractivity contribution in [2.24, 2.45) is 0 Å². The van der Waals surface area contributed by atoms with E-state index in [1.54, 1.807) is 24.5 Å². The molecule has 0 fully saturated rings. The molecule has 0 aliphatic rings. The minimum absolute atomic E-state index is 0.0887. The van der Waals surface area contributed by atoms with Crippen LogP contribution in [0, 0.1) is 6.92 Å². The monoisotopic (exact) mass is 246 g/mol. The summed E-state index contributed by atoms with van der Waals surface area (Å²) in [6, 6.07) is 5.63. The summed E-state index contributed by atoms with van der Waals surface area (Å²) in [4.78, 5) is 13.2. The SMILES string of the molecule is C/C=C\c1sc2ccc(OC)cc2c(=O)c1C. The van der Waals surface area contributed by atoms with Crippen LogP contribution in [0.5, 0.6) is 5.75 Å². The van der Waals surface area contributed by atoms with Gasteiger partial charge in [0.25, 0.3) is 0 Å². The lowest BCUT2D eigenvalue weighted by atomic mass is 10.1. The zero-order valence-electron chi connectivity index (χ0n) is 10.1. The number of fused-ring (bicyclic) bond motifs is 1. The maximum absolute atomic E-state index is 12.2. The molecule has 1 aromatic carbocycles. The Bertz CT molecular complexity index is 638. The Labute approximate surface area is 104 Å². The van der Waals surface area contributed by atoms with Crippen molar-refractivity contribution in [3.63, 3.8) is 0 Å². The molecule has 1 aromatic heterocycles. The second-order valence-corrected chi connectivity index (χ2v) is 4.87. The minimum Gasteiger partial charge on any atom is -0.497 e. The van der Waals surface area contributed by atoms with Crippen LogP contribution in [0.4, 0.5) is 0 Å². The highest BCUT2D eigenvalue weighted by Crippen LogP contribution is 2.26. The van der Waals surface area contributed by atoms with Crippen molar-refractivity contribution in [2.45, 2.75) is 13.8 Å². The number of rotatable bonds is 2. The van der Waals surface area contributed by atoms with Crippen molar-refractivity contribution in [1.82, 2.24) is 0 Å². The molecule has 0 radical (unpaired) electrons. The normalized spacial score (nSPS) is 11.2. The molecule has 0 aliphatic heterocycles. The third-order valence-electron chi connectivity index (χ3n) is 2.68. The standard InChI is InChI=1S/C14H14O2S/c1-4-5-12-9(2)14(15)11-8-10(16-3)6-7-13(11)17-12/h4-8H,1-3H3/b5-4-. The van der Waals surface area contributed by atoms with E-state index < -0.39 is 0 Å². The first kappa shape index (κ1) is 11.9. The largest absolute Gasteiger partial charge is 0.497 e. The molecule has 0 N–H and O–H groups in total. The van der Waals surface area contributed by atoms with Gasteiger partial charge in [0, 0.05) is 20.5 Å². The summed E-state index contributed by atoms with van der Waals surface area (Å²) in [7, 11) is 1.61. The van der Waals surface area contributed by atoms with E-state index in [2.05, 4.69) is 0 Å². The van der Waals surface area contributed by atoms with Crippen molar-refractivity contribution in [3.8, 4) is 5.75 Å². The van der Waals surface area contributed by atoms with E-state index in [-0.39, 0.29) is 5.43 Å². The van der Waals surface area contributed by atoms with E-state index in [0.29, 0.717) is 0 Å². The first-order valence-corrected chi connectivity index (χ1v) is 6.23. The van der Waals surface area contributed by atoms with Gasteiger partial charge in [-0.05, 0) is 38.1 Å². The Hall–Kier alpha value is -1.61. The van der Waals surface area contributed by atoms with E-state index in [1.807, 2.05) is 38.1 Å². The Kier molecular flexibility index (Phi) is 3.29. The molecule has 0 saturated heterocycles. The minimum atomic E-state index is 0.0887. The predicted molar refractivity (Wildman–Crippen MR) is 74.1 cm³/mol. The van der Waals surface area contributed by atoms with Gasteiger partial charge in [0.15, 0.2) is 5.43 Å². The second kappa shape index (κ2) is 4.72. The Morgan fingerprint density at radius 1 is 1.35 bits per heavy atom. The molecule has 0 saturated carbocycles. The molecule has 0 bridgehead atoms. The molecule has 0 aliphatic carbocycles. The van der Waals surface area contributed by atoms with Gasteiger partial charge in [0.05, 0.1) is 7.11 Å². The smallest absolute Gasteiger partial charge is 0.191 e. The van der Waals surface area contributed by atoms with Gasteiger partial charge in [-0.2, -0.15) is 0 Å². The quantitative estimate of drug-likeness (QED) is 0.809. The topological polar surface area (TPSA) is 26.3 Å². The lowest BCUT2D eigenvalue weighted by Crippen LogP contribution is -2.06. The lowest BCUT2D eigenvalue weighted by Gasteiger charge is -2.04. The highest BCUT2D eigenvalue weighted by atomic mass is 32.1. The summed E-state index contributed by atoms with van der Waals surface area (Å²) >= 11 is 1.63. The molecule has 17 heavy (non-hydrogen) atoms. The van der Waals surface area contributed by atoms with Crippen LogP contribution in [0.25, 0.3) is 16.2 Å². The van der Waals surface area contributed by atoms with Crippen LogP contribution in [0.3, 0.4) is 0 Å². The molecule has 0 amide bonds. The first-order valence-electron chi connectivity index (χ1n) is 5.41. The number of methoxy groups -OCH3 is 1. The van der Waals surface area contributed by atoms with E-state index in [1.165, 1.54) is 0 Å². The summed E-state index contributed by atoms with van der Waals surface area (Å²) < 4.78 is 6.14. The fourth-order valence-corrected chi connectivity index (χ4v) is 2.81. The molecular formula is C14H14O2S. The number of hydrogen-bond acceptors (Lipinski definition) is 3. The van der Waals surface area contributed by atoms with Gasteiger partial charge in [-0.25, -0.2) is 0 Å². The molecule has 2 rings (SSSR count). The Balaban J connectivity index is 2.81. The maximum atomic E-state index is 12.2. The highest BCUT2D eigenvalue weighted by Gasteiger charge is 2.07. The van der Waals surface area contributed by atoms with E-state index in [0.717, 1.165) is 26.3 Å². The van der Waals surface area contributed by atoms with Crippen LogP contribution in [-0.4, -0.2) is 7.11 Å². The van der Waals surface area contributed by atoms with Crippen molar-refractivity contribution in [2.75, 3.05) is 7.11 Å². The summed E-state index contributed by atoms with van der Waals surface area (Å²) in [6.45, 7) is 3.82. The predicted octanol–water partition coefficient (Wildman–Crippen LogP) is 3.61. The first-order chi connectivity index (χ1) is 8.17. The second-order valence-electron chi connectivity index (χ2n) is 3.78. The summed E-state index contributed by atoms with van der Waals surface area (Å²) in [6.07, 6.45) is 3.93. The zero-order chi connectivity index (χ0) is 12.4. The van der Waals surface area contributed by atoms with Gasteiger partial charge in [0.2, 0.25) is 0 Å². The number of hydrogen-bond donors (Lipinski definition) is 0. The Morgan fingerprint density at radius 3 is 2.76 bits per heavy atom. The van der Waals surface area contributed by atoms with Gasteiger partial charge in [-0.1, -0.05) is 6.08 Å². The molecule has 0 spiro atoms. The molecule has 88 valence electrons. The van der Waals surface area contributed by atoms with Crippen molar-refractivity contribution in [1.29, 1.82) is 0 Å². The maximum Gasteiger partial charge on any atom is 0.191 e. The van der Waals surface area contributed by atoms with E-state index >= 15 is 0 Å². The third kappa shape index (κ3) is 2.11.